The summed E-state index contributed by atoms with van der Waals surface area (Å²) < 4.78 is 5.22. The highest BCUT2D eigenvalue weighted by atomic mass is 35.5. The fourth-order valence-electron chi connectivity index (χ4n) is 2.50. The van der Waals surface area contributed by atoms with Gasteiger partial charge in [-0.3, -0.25) is 0 Å². The van der Waals surface area contributed by atoms with Gasteiger partial charge in [0.25, 0.3) is 0 Å². The molecule has 1 fully saturated rings. The van der Waals surface area contributed by atoms with Gasteiger partial charge in [-0.2, -0.15) is 0 Å². The number of pyridine rings is 1. The lowest BCUT2D eigenvalue weighted by Gasteiger charge is -2.17. The second kappa shape index (κ2) is 5.58. The van der Waals surface area contributed by atoms with Crippen molar-refractivity contribution in [2.45, 2.75) is 19.4 Å². The van der Waals surface area contributed by atoms with Crippen molar-refractivity contribution in [3.63, 3.8) is 0 Å². The highest BCUT2D eigenvalue weighted by Gasteiger charge is 2.23. The summed E-state index contributed by atoms with van der Waals surface area (Å²) in [6.07, 6.45) is 2.74. The van der Waals surface area contributed by atoms with Gasteiger partial charge < -0.3 is 9.64 Å². The number of methoxy groups -OCH3 is 1. The van der Waals surface area contributed by atoms with E-state index >= 15 is 0 Å². The molecule has 0 unspecified atom stereocenters. The number of ether oxygens (including phenoxy) is 1. The van der Waals surface area contributed by atoms with E-state index in [2.05, 4.69) is 23.0 Å². The molecule has 0 bridgehead atoms. The van der Waals surface area contributed by atoms with E-state index in [0.717, 1.165) is 41.2 Å². The summed E-state index contributed by atoms with van der Waals surface area (Å²) in [5.74, 6) is 1.69. The van der Waals surface area contributed by atoms with E-state index in [4.69, 9.17) is 16.3 Å². The fraction of sp³-hybridized carbons (Fsp3) is 0.438. The van der Waals surface area contributed by atoms with E-state index in [-0.39, 0.29) is 0 Å². The van der Waals surface area contributed by atoms with Gasteiger partial charge in [-0.15, -0.1) is 0 Å². The van der Waals surface area contributed by atoms with Gasteiger partial charge in [0.15, 0.2) is 0 Å². The van der Waals surface area contributed by atoms with Crippen LogP contribution in [0.25, 0.3) is 10.9 Å². The van der Waals surface area contributed by atoms with Gasteiger partial charge in [0.2, 0.25) is 0 Å². The Morgan fingerprint density at radius 2 is 2.15 bits per heavy atom. The molecule has 1 saturated carbocycles. The van der Waals surface area contributed by atoms with Crippen molar-refractivity contribution in [2.75, 3.05) is 20.7 Å². The Kier molecular flexibility index (Phi) is 3.81. The lowest BCUT2D eigenvalue weighted by Crippen LogP contribution is -2.20. The Balaban J connectivity index is 1.85. The van der Waals surface area contributed by atoms with E-state index in [1.165, 1.54) is 12.8 Å². The topological polar surface area (TPSA) is 25.4 Å². The smallest absolute Gasteiger partial charge is 0.134 e. The van der Waals surface area contributed by atoms with Crippen LogP contribution in [-0.4, -0.2) is 30.6 Å². The zero-order valence-corrected chi connectivity index (χ0v) is 12.7. The Hall–Kier alpha value is -1.32. The lowest BCUT2D eigenvalue weighted by atomic mass is 10.1. The molecule has 4 heteroatoms. The zero-order valence-electron chi connectivity index (χ0n) is 11.9. The largest absolute Gasteiger partial charge is 0.497 e. The number of hydrogen-bond donors (Lipinski definition) is 0. The molecular formula is C16H19ClN2O. The summed E-state index contributed by atoms with van der Waals surface area (Å²) >= 11 is 6.32. The van der Waals surface area contributed by atoms with Crippen LogP contribution in [0.5, 0.6) is 5.75 Å². The van der Waals surface area contributed by atoms with E-state index in [1.807, 2.05) is 18.2 Å². The van der Waals surface area contributed by atoms with Crippen molar-refractivity contribution in [3.8, 4) is 5.75 Å². The van der Waals surface area contributed by atoms with Crippen LogP contribution in [0, 0.1) is 5.92 Å². The summed E-state index contributed by atoms with van der Waals surface area (Å²) in [5.41, 5.74) is 1.97. The van der Waals surface area contributed by atoms with Crippen LogP contribution in [0.2, 0.25) is 5.15 Å². The third-order valence-electron chi connectivity index (χ3n) is 3.76. The first-order valence-electron chi connectivity index (χ1n) is 6.97. The van der Waals surface area contributed by atoms with Gasteiger partial charge in [-0.05, 0) is 44.0 Å². The molecule has 20 heavy (non-hydrogen) atoms. The number of hydrogen-bond acceptors (Lipinski definition) is 3. The first kappa shape index (κ1) is 13.7. The molecule has 1 aliphatic carbocycles. The van der Waals surface area contributed by atoms with Gasteiger partial charge in [0.05, 0.1) is 12.6 Å². The number of aromatic nitrogens is 1. The molecule has 1 aliphatic rings. The van der Waals surface area contributed by atoms with Gasteiger partial charge in [0.1, 0.15) is 10.9 Å². The Morgan fingerprint density at radius 1 is 1.35 bits per heavy atom. The van der Waals surface area contributed by atoms with E-state index in [0.29, 0.717) is 5.15 Å². The third-order valence-corrected chi connectivity index (χ3v) is 4.09. The predicted molar refractivity (Wildman–Crippen MR) is 82.4 cm³/mol. The first-order chi connectivity index (χ1) is 9.65. The van der Waals surface area contributed by atoms with Crippen LogP contribution in [-0.2, 0) is 6.54 Å². The number of halogens is 1. The maximum Gasteiger partial charge on any atom is 0.134 e. The lowest BCUT2D eigenvalue weighted by molar-refractivity contribution is 0.313. The third kappa shape index (κ3) is 3.05. The molecule has 0 radical (unpaired) electrons. The monoisotopic (exact) mass is 290 g/mol. The van der Waals surface area contributed by atoms with Crippen molar-refractivity contribution < 1.29 is 4.74 Å². The zero-order chi connectivity index (χ0) is 14.1. The van der Waals surface area contributed by atoms with Crippen molar-refractivity contribution in [3.05, 3.63) is 35.0 Å². The molecule has 0 spiro atoms. The van der Waals surface area contributed by atoms with Crippen LogP contribution in [0.4, 0.5) is 0 Å². The quantitative estimate of drug-likeness (QED) is 0.785. The molecule has 0 saturated heterocycles. The summed E-state index contributed by atoms with van der Waals surface area (Å²) in [5, 5.41) is 1.69. The molecule has 0 amide bonds. The maximum absolute atomic E-state index is 6.32. The highest BCUT2D eigenvalue weighted by Crippen LogP contribution is 2.30. The second-order valence-electron chi connectivity index (χ2n) is 5.64. The van der Waals surface area contributed by atoms with Crippen LogP contribution in [0.1, 0.15) is 18.4 Å². The average molecular weight is 291 g/mol. The predicted octanol–water partition coefficient (Wildman–Crippen LogP) is 3.74. The van der Waals surface area contributed by atoms with Crippen LogP contribution in [0.3, 0.4) is 0 Å². The van der Waals surface area contributed by atoms with E-state index in [1.54, 1.807) is 7.11 Å². The van der Waals surface area contributed by atoms with Crippen molar-refractivity contribution >= 4 is 22.5 Å². The summed E-state index contributed by atoms with van der Waals surface area (Å²) in [4.78, 5) is 6.82. The molecule has 0 atom stereocenters. The van der Waals surface area contributed by atoms with Crippen molar-refractivity contribution in [2.24, 2.45) is 5.92 Å². The number of benzene rings is 1. The van der Waals surface area contributed by atoms with Gasteiger partial charge >= 0.3 is 0 Å². The van der Waals surface area contributed by atoms with E-state index in [9.17, 15) is 0 Å². The second-order valence-corrected chi connectivity index (χ2v) is 6.00. The van der Waals surface area contributed by atoms with Gasteiger partial charge in [-0.25, -0.2) is 4.98 Å². The summed E-state index contributed by atoms with van der Waals surface area (Å²) in [6, 6.07) is 8.03. The molecular weight excluding hydrogens is 272 g/mol. The average Bonchev–Trinajstić information content (AvgIpc) is 3.23. The van der Waals surface area contributed by atoms with Crippen molar-refractivity contribution in [1.29, 1.82) is 0 Å². The van der Waals surface area contributed by atoms with Gasteiger partial charge in [0, 0.05) is 30.1 Å². The minimum atomic E-state index is 0.591. The molecule has 3 rings (SSSR count). The fourth-order valence-corrected chi connectivity index (χ4v) is 2.71. The Labute approximate surface area is 124 Å². The Morgan fingerprint density at radius 3 is 2.85 bits per heavy atom. The normalized spacial score (nSPS) is 15.0. The van der Waals surface area contributed by atoms with Crippen LogP contribution < -0.4 is 4.74 Å². The minimum Gasteiger partial charge on any atom is -0.497 e. The van der Waals surface area contributed by atoms with Crippen LogP contribution >= 0.6 is 11.6 Å². The summed E-state index contributed by atoms with van der Waals surface area (Å²) in [7, 11) is 3.80. The standard InChI is InChI=1S/C16H19ClN2O/c1-19(9-11-3-4-11)10-13-7-12-5-6-14(20-2)8-15(12)18-16(13)17/h5-8,11H,3-4,9-10H2,1-2H3. The number of rotatable bonds is 5. The number of fused-ring (bicyclic) bond motifs is 1. The molecule has 3 nitrogen and oxygen atoms in total. The highest BCUT2D eigenvalue weighted by molar-refractivity contribution is 6.30. The maximum atomic E-state index is 6.32. The SMILES string of the molecule is COc1ccc2cc(CN(C)CC3CC3)c(Cl)nc2c1. The molecule has 1 aromatic heterocycles. The Bertz CT molecular complexity index is 625. The van der Waals surface area contributed by atoms with Crippen molar-refractivity contribution in [1.82, 2.24) is 9.88 Å². The molecule has 0 aliphatic heterocycles. The van der Waals surface area contributed by atoms with Gasteiger partial charge in [-0.1, -0.05) is 11.6 Å². The molecule has 2 aromatic rings. The van der Waals surface area contributed by atoms with Crippen LogP contribution in [0.15, 0.2) is 24.3 Å². The summed E-state index contributed by atoms with van der Waals surface area (Å²) in [6.45, 7) is 2.00. The molecule has 1 heterocycles. The van der Waals surface area contributed by atoms with E-state index < -0.39 is 0 Å². The molecule has 1 aromatic carbocycles. The molecule has 0 N–H and O–H groups in total. The first-order valence-corrected chi connectivity index (χ1v) is 7.35. The number of nitrogens with zero attached hydrogens (tertiary/aromatic N) is 2. The molecule has 106 valence electrons. The minimum absolute atomic E-state index is 0.591.